The molecule has 112 valence electrons. The van der Waals surface area contributed by atoms with Crippen LogP contribution in [0.4, 0.5) is 16.2 Å². The van der Waals surface area contributed by atoms with Crippen LogP contribution in [-0.2, 0) is 9.59 Å². The average Bonchev–Trinajstić information content (AvgIpc) is 2.68. The number of rotatable bonds is 5. The summed E-state index contributed by atoms with van der Waals surface area (Å²) in [5, 5.41) is 2.70. The first-order valence-electron chi connectivity index (χ1n) is 6.69. The maximum atomic E-state index is 11.8. The van der Waals surface area contributed by atoms with Crippen molar-refractivity contribution in [3.63, 3.8) is 0 Å². The molecule has 0 atom stereocenters. The van der Waals surface area contributed by atoms with Crippen LogP contribution in [-0.4, -0.2) is 47.8 Å². The molecule has 1 fully saturated rings. The molecule has 1 aliphatic rings. The summed E-state index contributed by atoms with van der Waals surface area (Å²) in [6.45, 7) is 0.352. The molecule has 0 spiro atoms. The van der Waals surface area contributed by atoms with Gasteiger partial charge in [0.25, 0.3) is 0 Å². The van der Waals surface area contributed by atoms with Gasteiger partial charge in [-0.3, -0.25) is 14.5 Å². The Morgan fingerprint density at radius 1 is 1.33 bits per heavy atom. The zero-order chi connectivity index (χ0) is 15.4. The second-order valence-corrected chi connectivity index (χ2v) is 4.92. The first kappa shape index (κ1) is 14.8. The van der Waals surface area contributed by atoms with Crippen molar-refractivity contribution in [2.75, 3.05) is 31.2 Å². The summed E-state index contributed by atoms with van der Waals surface area (Å²) < 4.78 is 0. The van der Waals surface area contributed by atoms with Gasteiger partial charge >= 0.3 is 6.03 Å². The number of carbonyl (C=O) groups excluding carboxylic acids is 3. The van der Waals surface area contributed by atoms with Crippen molar-refractivity contribution in [3.8, 4) is 0 Å². The number of nitrogen functional groups attached to an aromatic ring is 1. The summed E-state index contributed by atoms with van der Waals surface area (Å²) >= 11 is 0. The molecule has 0 saturated carbocycles. The molecule has 21 heavy (non-hydrogen) atoms. The van der Waals surface area contributed by atoms with E-state index in [2.05, 4.69) is 5.32 Å². The summed E-state index contributed by atoms with van der Waals surface area (Å²) in [6, 6.07) is 6.67. The van der Waals surface area contributed by atoms with Crippen LogP contribution in [0, 0.1) is 0 Å². The van der Waals surface area contributed by atoms with E-state index in [9.17, 15) is 14.4 Å². The molecule has 0 aromatic heterocycles. The van der Waals surface area contributed by atoms with Crippen LogP contribution < -0.4 is 11.1 Å². The van der Waals surface area contributed by atoms with Gasteiger partial charge in [-0.2, -0.15) is 0 Å². The zero-order valence-electron chi connectivity index (χ0n) is 11.8. The van der Waals surface area contributed by atoms with E-state index in [-0.39, 0.29) is 37.4 Å². The number of likely N-dealkylation sites (N-methyl/N-ethyl adjacent to an activating group) is 1. The minimum absolute atomic E-state index is 0.103. The Morgan fingerprint density at radius 2 is 2.05 bits per heavy atom. The third kappa shape index (κ3) is 3.50. The van der Waals surface area contributed by atoms with Gasteiger partial charge in [0.2, 0.25) is 11.8 Å². The molecule has 1 heterocycles. The van der Waals surface area contributed by atoms with Crippen LogP contribution in [0.1, 0.15) is 12.8 Å². The number of urea groups is 1. The Hall–Kier alpha value is -2.57. The number of benzene rings is 1. The number of nitrogens with one attached hydrogen (secondary N) is 1. The largest absolute Gasteiger partial charge is 0.397 e. The Labute approximate surface area is 122 Å². The van der Waals surface area contributed by atoms with Crippen molar-refractivity contribution in [1.29, 1.82) is 0 Å². The normalized spacial score (nSPS) is 14.7. The van der Waals surface area contributed by atoms with Crippen LogP contribution in [0.15, 0.2) is 24.3 Å². The predicted molar refractivity (Wildman–Crippen MR) is 78.5 cm³/mol. The Bertz CT molecular complexity index is 573. The molecule has 1 aromatic rings. The maximum Gasteiger partial charge on any atom is 0.326 e. The molecule has 0 unspecified atom stereocenters. The average molecular weight is 290 g/mol. The number of nitrogens with two attached hydrogens (primary N) is 1. The number of anilines is 2. The molecular weight excluding hydrogens is 272 g/mol. The molecule has 1 aliphatic heterocycles. The highest BCUT2D eigenvalue weighted by atomic mass is 16.2. The van der Waals surface area contributed by atoms with Crippen LogP contribution in [0.25, 0.3) is 0 Å². The summed E-state index contributed by atoms with van der Waals surface area (Å²) in [5.74, 6) is -0.421. The second-order valence-electron chi connectivity index (χ2n) is 4.92. The molecule has 2 rings (SSSR count). The number of hydrogen-bond acceptors (Lipinski definition) is 4. The first-order valence-corrected chi connectivity index (χ1v) is 6.69. The second kappa shape index (κ2) is 6.25. The molecular formula is C14H18N4O3. The van der Waals surface area contributed by atoms with Crippen LogP contribution >= 0.6 is 0 Å². The van der Waals surface area contributed by atoms with Crippen LogP contribution in [0.3, 0.4) is 0 Å². The fourth-order valence-corrected chi connectivity index (χ4v) is 2.11. The van der Waals surface area contributed by atoms with Crippen LogP contribution in [0.5, 0.6) is 0 Å². The number of amides is 4. The zero-order valence-corrected chi connectivity index (χ0v) is 11.8. The highest BCUT2D eigenvalue weighted by molar-refractivity contribution is 6.01. The number of imide groups is 1. The number of carbonyl (C=O) groups is 3. The highest BCUT2D eigenvalue weighted by Crippen LogP contribution is 2.17. The molecule has 0 radical (unpaired) electrons. The minimum atomic E-state index is -0.312. The Morgan fingerprint density at radius 3 is 2.67 bits per heavy atom. The lowest BCUT2D eigenvalue weighted by Crippen LogP contribution is -2.32. The van der Waals surface area contributed by atoms with Crippen LogP contribution in [0.2, 0.25) is 0 Å². The quantitative estimate of drug-likeness (QED) is 0.621. The standard InChI is InChI=1S/C14H18N4O3/c1-17-9-13(20)18(14(17)21)8-4-7-12(19)16-11-6-3-2-5-10(11)15/h2-3,5-6H,4,7-9,15H2,1H3,(H,16,19). The molecule has 7 heteroatoms. The van der Waals surface area contributed by atoms with E-state index in [1.807, 2.05) is 0 Å². The summed E-state index contributed by atoms with van der Waals surface area (Å²) in [5.41, 5.74) is 6.79. The Kier molecular flexibility index (Phi) is 4.42. The van der Waals surface area contributed by atoms with Gasteiger partial charge in [0, 0.05) is 20.0 Å². The lowest BCUT2D eigenvalue weighted by molar-refractivity contribution is -0.125. The minimum Gasteiger partial charge on any atom is -0.397 e. The van der Waals surface area contributed by atoms with Gasteiger partial charge in [-0.05, 0) is 18.6 Å². The van der Waals surface area contributed by atoms with Gasteiger partial charge in [0.05, 0.1) is 11.4 Å². The highest BCUT2D eigenvalue weighted by Gasteiger charge is 2.32. The summed E-state index contributed by atoms with van der Waals surface area (Å²) in [4.78, 5) is 37.5. The van der Waals surface area contributed by atoms with Gasteiger partial charge in [-0.25, -0.2) is 4.79 Å². The van der Waals surface area contributed by atoms with Crippen molar-refractivity contribution in [2.24, 2.45) is 0 Å². The molecule has 1 aromatic carbocycles. The van der Waals surface area contributed by atoms with E-state index in [0.29, 0.717) is 17.8 Å². The number of nitrogens with zero attached hydrogens (tertiary/aromatic N) is 2. The monoisotopic (exact) mass is 290 g/mol. The first-order chi connectivity index (χ1) is 9.99. The van der Waals surface area contributed by atoms with Crippen molar-refractivity contribution in [3.05, 3.63) is 24.3 Å². The van der Waals surface area contributed by atoms with Gasteiger partial charge < -0.3 is 16.0 Å². The van der Waals surface area contributed by atoms with Crippen molar-refractivity contribution in [2.45, 2.75) is 12.8 Å². The SMILES string of the molecule is CN1CC(=O)N(CCCC(=O)Nc2ccccc2N)C1=O. The molecule has 3 N–H and O–H groups in total. The van der Waals surface area contributed by atoms with Crippen molar-refractivity contribution >= 4 is 29.2 Å². The number of para-hydroxylation sites is 2. The maximum absolute atomic E-state index is 11.8. The van der Waals surface area contributed by atoms with Crippen molar-refractivity contribution in [1.82, 2.24) is 9.80 Å². The topological polar surface area (TPSA) is 95.7 Å². The lowest BCUT2D eigenvalue weighted by Gasteiger charge is -2.14. The van der Waals surface area contributed by atoms with E-state index < -0.39 is 0 Å². The predicted octanol–water partition coefficient (Wildman–Crippen LogP) is 0.881. The number of hydrogen-bond donors (Lipinski definition) is 2. The van der Waals surface area contributed by atoms with Gasteiger partial charge in [-0.15, -0.1) is 0 Å². The fraction of sp³-hybridized carbons (Fsp3) is 0.357. The summed E-state index contributed by atoms with van der Waals surface area (Å²) in [7, 11) is 1.57. The Balaban J connectivity index is 1.79. The third-order valence-corrected chi connectivity index (χ3v) is 3.25. The fourth-order valence-electron chi connectivity index (χ4n) is 2.11. The van der Waals surface area contributed by atoms with E-state index in [4.69, 9.17) is 5.73 Å². The summed E-state index contributed by atoms with van der Waals surface area (Å²) in [6.07, 6.45) is 0.638. The molecule has 4 amide bonds. The molecule has 0 bridgehead atoms. The van der Waals surface area contributed by atoms with Gasteiger partial charge in [0.15, 0.2) is 0 Å². The van der Waals surface area contributed by atoms with E-state index in [0.717, 1.165) is 0 Å². The third-order valence-electron chi connectivity index (χ3n) is 3.25. The molecule has 0 aliphatic carbocycles. The smallest absolute Gasteiger partial charge is 0.326 e. The lowest BCUT2D eigenvalue weighted by atomic mass is 10.2. The van der Waals surface area contributed by atoms with E-state index in [1.54, 1.807) is 31.3 Å². The van der Waals surface area contributed by atoms with E-state index >= 15 is 0 Å². The van der Waals surface area contributed by atoms with Crippen molar-refractivity contribution < 1.29 is 14.4 Å². The molecule has 7 nitrogen and oxygen atoms in total. The van der Waals surface area contributed by atoms with E-state index in [1.165, 1.54) is 9.80 Å². The van der Waals surface area contributed by atoms with Gasteiger partial charge in [0.1, 0.15) is 6.54 Å². The molecule has 1 saturated heterocycles. The van der Waals surface area contributed by atoms with Gasteiger partial charge in [-0.1, -0.05) is 12.1 Å².